The van der Waals surface area contributed by atoms with Crippen LogP contribution in [-0.2, 0) is 6.54 Å². The monoisotopic (exact) mass is 311 g/mol. The van der Waals surface area contributed by atoms with Crippen LogP contribution in [0.1, 0.15) is 11.8 Å². The average Bonchev–Trinajstić information content (AvgIpc) is 2.89. The van der Waals surface area contributed by atoms with Gasteiger partial charge in [-0.3, -0.25) is 0 Å². The van der Waals surface area contributed by atoms with Crippen molar-refractivity contribution in [1.29, 1.82) is 0 Å². The standard InChI is InChI=1S/C15H19F2N3S/c1-3-18-9-12-14(11-7-5-4-6-8-11)19-15(21-12)20(2)10-13(16)17/h4-8,13,18H,3,9-10H2,1-2H3. The van der Waals surface area contributed by atoms with Gasteiger partial charge in [0.05, 0.1) is 12.2 Å². The minimum absolute atomic E-state index is 0.303. The second-order valence-corrected chi connectivity index (χ2v) is 5.75. The summed E-state index contributed by atoms with van der Waals surface area (Å²) in [6.45, 7) is 3.28. The molecule has 1 N–H and O–H groups in total. The van der Waals surface area contributed by atoms with E-state index in [0.29, 0.717) is 11.7 Å². The van der Waals surface area contributed by atoms with Crippen molar-refractivity contribution in [3.05, 3.63) is 35.2 Å². The molecular formula is C15H19F2N3S. The van der Waals surface area contributed by atoms with E-state index in [1.807, 2.05) is 37.3 Å². The van der Waals surface area contributed by atoms with Crippen molar-refractivity contribution in [2.24, 2.45) is 0 Å². The zero-order valence-electron chi connectivity index (χ0n) is 12.1. The molecule has 114 valence electrons. The molecule has 0 saturated carbocycles. The van der Waals surface area contributed by atoms with Crippen LogP contribution >= 0.6 is 11.3 Å². The van der Waals surface area contributed by atoms with Crippen LogP contribution in [0.3, 0.4) is 0 Å². The number of hydrogen-bond acceptors (Lipinski definition) is 4. The highest BCUT2D eigenvalue weighted by Crippen LogP contribution is 2.32. The van der Waals surface area contributed by atoms with E-state index >= 15 is 0 Å². The summed E-state index contributed by atoms with van der Waals surface area (Å²) in [5.41, 5.74) is 1.89. The molecule has 0 aliphatic heterocycles. The Morgan fingerprint density at radius 3 is 2.62 bits per heavy atom. The Morgan fingerprint density at radius 1 is 1.29 bits per heavy atom. The molecule has 1 aromatic heterocycles. The highest BCUT2D eigenvalue weighted by atomic mass is 32.1. The molecule has 0 fully saturated rings. The van der Waals surface area contributed by atoms with Crippen LogP contribution in [0.15, 0.2) is 30.3 Å². The topological polar surface area (TPSA) is 28.2 Å². The predicted molar refractivity (Wildman–Crippen MR) is 84.2 cm³/mol. The van der Waals surface area contributed by atoms with Gasteiger partial charge in [0, 0.05) is 24.0 Å². The first-order valence-electron chi connectivity index (χ1n) is 6.87. The molecule has 0 spiro atoms. The summed E-state index contributed by atoms with van der Waals surface area (Å²) in [4.78, 5) is 7.14. The number of halogens is 2. The van der Waals surface area contributed by atoms with Gasteiger partial charge in [-0.25, -0.2) is 13.8 Å². The number of hydrogen-bond donors (Lipinski definition) is 1. The maximum atomic E-state index is 12.5. The molecule has 0 radical (unpaired) electrons. The summed E-state index contributed by atoms with van der Waals surface area (Å²) >= 11 is 1.46. The van der Waals surface area contributed by atoms with E-state index < -0.39 is 6.43 Å². The van der Waals surface area contributed by atoms with Crippen LogP contribution in [0.4, 0.5) is 13.9 Å². The number of aromatic nitrogens is 1. The quantitative estimate of drug-likeness (QED) is 0.846. The molecule has 2 rings (SSSR count). The number of rotatable bonds is 7. The van der Waals surface area contributed by atoms with Gasteiger partial charge in [0.25, 0.3) is 6.43 Å². The largest absolute Gasteiger partial charge is 0.345 e. The van der Waals surface area contributed by atoms with Gasteiger partial charge in [-0.05, 0) is 6.54 Å². The van der Waals surface area contributed by atoms with Crippen LogP contribution in [-0.4, -0.2) is 31.5 Å². The summed E-state index contributed by atoms with van der Waals surface area (Å²) in [7, 11) is 1.65. The third-order valence-corrected chi connectivity index (χ3v) is 4.18. The smallest absolute Gasteiger partial charge is 0.255 e. The highest BCUT2D eigenvalue weighted by Gasteiger charge is 2.17. The fourth-order valence-electron chi connectivity index (χ4n) is 1.97. The number of benzene rings is 1. The predicted octanol–water partition coefficient (Wildman–Crippen LogP) is 3.62. The molecule has 21 heavy (non-hydrogen) atoms. The van der Waals surface area contributed by atoms with Gasteiger partial charge in [-0.2, -0.15) is 0 Å². The van der Waals surface area contributed by atoms with Crippen LogP contribution in [0.2, 0.25) is 0 Å². The molecule has 3 nitrogen and oxygen atoms in total. The summed E-state index contributed by atoms with van der Waals surface area (Å²) in [5, 5.41) is 3.90. The molecular weight excluding hydrogens is 292 g/mol. The van der Waals surface area contributed by atoms with Gasteiger partial charge in [-0.1, -0.05) is 48.6 Å². The first kappa shape index (κ1) is 15.9. The molecule has 1 heterocycles. The van der Waals surface area contributed by atoms with Crippen molar-refractivity contribution in [2.45, 2.75) is 19.9 Å². The molecule has 0 amide bonds. The maximum Gasteiger partial charge on any atom is 0.255 e. The Balaban J connectivity index is 2.31. The zero-order valence-corrected chi connectivity index (χ0v) is 13.0. The van der Waals surface area contributed by atoms with E-state index in [9.17, 15) is 8.78 Å². The Hall–Kier alpha value is -1.53. The Kier molecular flexibility index (Phi) is 5.64. The lowest BCUT2D eigenvalue weighted by atomic mass is 10.1. The Morgan fingerprint density at radius 2 is 2.00 bits per heavy atom. The highest BCUT2D eigenvalue weighted by molar-refractivity contribution is 7.16. The molecule has 0 atom stereocenters. The molecule has 0 saturated heterocycles. The third kappa shape index (κ3) is 4.22. The second kappa shape index (κ2) is 7.47. The lowest BCUT2D eigenvalue weighted by Crippen LogP contribution is -2.23. The first-order valence-corrected chi connectivity index (χ1v) is 7.68. The summed E-state index contributed by atoms with van der Waals surface area (Å²) in [6.07, 6.45) is -2.36. The van der Waals surface area contributed by atoms with E-state index in [0.717, 1.165) is 22.7 Å². The van der Waals surface area contributed by atoms with E-state index in [-0.39, 0.29) is 6.54 Å². The first-order chi connectivity index (χ1) is 10.1. The van der Waals surface area contributed by atoms with Gasteiger partial charge in [0.15, 0.2) is 5.13 Å². The zero-order chi connectivity index (χ0) is 15.2. The summed E-state index contributed by atoms with van der Waals surface area (Å²) < 4.78 is 25.1. The van der Waals surface area contributed by atoms with Gasteiger partial charge in [-0.15, -0.1) is 0 Å². The van der Waals surface area contributed by atoms with Crippen molar-refractivity contribution in [3.63, 3.8) is 0 Å². The third-order valence-electron chi connectivity index (χ3n) is 3.01. The van der Waals surface area contributed by atoms with Gasteiger partial charge < -0.3 is 10.2 Å². The van der Waals surface area contributed by atoms with Crippen LogP contribution in [0, 0.1) is 0 Å². The fraction of sp³-hybridized carbons (Fsp3) is 0.400. The summed E-state index contributed by atoms with van der Waals surface area (Å²) in [6, 6.07) is 9.83. The lowest BCUT2D eigenvalue weighted by Gasteiger charge is -2.14. The Bertz CT molecular complexity index is 557. The van der Waals surface area contributed by atoms with Gasteiger partial charge in [0.1, 0.15) is 0 Å². The lowest BCUT2D eigenvalue weighted by molar-refractivity contribution is 0.156. The number of alkyl halides is 2. The minimum Gasteiger partial charge on any atom is -0.345 e. The molecule has 6 heteroatoms. The van der Waals surface area contributed by atoms with Crippen molar-refractivity contribution < 1.29 is 8.78 Å². The average molecular weight is 311 g/mol. The molecule has 1 aromatic carbocycles. The van der Waals surface area contributed by atoms with E-state index in [4.69, 9.17) is 0 Å². The molecule has 2 aromatic rings. The number of nitrogens with zero attached hydrogens (tertiary/aromatic N) is 2. The molecule has 0 aliphatic rings. The van der Waals surface area contributed by atoms with Crippen molar-refractivity contribution in [2.75, 3.05) is 25.0 Å². The summed E-state index contributed by atoms with van der Waals surface area (Å²) in [5.74, 6) is 0. The molecule has 0 aliphatic carbocycles. The van der Waals surface area contributed by atoms with Crippen molar-refractivity contribution in [3.8, 4) is 11.3 Å². The number of thiazole rings is 1. The van der Waals surface area contributed by atoms with E-state index in [2.05, 4.69) is 10.3 Å². The fourth-order valence-corrected chi connectivity index (χ4v) is 2.99. The molecule has 0 unspecified atom stereocenters. The van der Waals surface area contributed by atoms with Crippen LogP contribution in [0.5, 0.6) is 0 Å². The Labute approximate surface area is 127 Å². The minimum atomic E-state index is -2.36. The second-order valence-electron chi connectivity index (χ2n) is 4.69. The maximum absolute atomic E-state index is 12.5. The van der Waals surface area contributed by atoms with Crippen LogP contribution < -0.4 is 10.2 Å². The molecule has 0 bridgehead atoms. The van der Waals surface area contributed by atoms with E-state index in [1.165, 1.54) is 16.2 Å². The van der Waals surface area contributed by atoms with Gasteiger partial charge in [0.2, 0.25) is 0 Å². The van der Waals surface area contributed by atoms with Gasteiger partial charge >= 0.3 is 0 Å². The van der Waals surface area contributed by atoms with Crippen LogP contribution in [0.25, 0.3) is 11.3 Å². The van der Waals surface area contributed by atoms with Crippen molar-refractivity contribution >= 4 is 16.5 Å². The van der Waals surface area contributed by atoms with Crippen molar-refractivity contribution in [1.82, 2.24) is 10.3 Å². The number of nitrogens with one attached hydrogen (secondary N) is 1. The number of anilines is 1. The normalized spacial score (nSPS) is 11.1. The SMILES string of the molecule is CCNCc1sc(N(C)CC(F)F)nc1-c1ccccc1. The van der Waals surface area contributed by atoms with E-state index in [1.54, 1.807) is 7.05 Å².